The number of rotatable bonds is 5. The number of sulfonamides is 1. The minimum absolute atomic E-state index is 0.000434. The summed E-state index contributed by atoms with van der Waals surface area (Å²) < 4.78 is 48.4. The first-order valence-electron chi connectivity index (χ1n) is 8.00. The molecule has 0 unspecified atom stereocenters. The predicted octanol–water partition coefficient (Wildman–Crippen LogP) is 1.83. The number of para-hydroxylation sites is 2. The zero-order valence-electron chi connectivity index (χ0n) is 15.0. The average molecular weight is 393 g/mol. The normalized spacial score (nSPS) is 16.1. The van der Waals surface area contributed by atoms with Gasteiger partial charge in [0.2, 0.25) is 6.10 Å². The molecule has 1 atom stereocenters. The number of carbonyl (C=O) groups excluding carboxylic acids is 1. The van der Waals surface area contributed by atoms with Crippen LogP contribution in [0.3, 0.4) is 0 Å². The molecule has 0 fully saturated rings. The molecule has 0 aromatic heterocycles. The number of benzene rings is 2. The van der Waals surface area contributed by atoms with Gasteiger partial charge in [-0.2, -0.15) is 0 Å². The molecule has 2 aromatic rings. The molecule has 0 N–H and O–H groups in total. The Hall–Kier alpha value is -2.94. The van der Waals surface area contributed by atoms with Gasteiger partial charge in [-0.25, -0.2) is 13.2 Å². The van der Waals surface area contributed by atoms with Crippen LogP contribution in [-0.4, -0.2) is 48.4 Å². The lowest BCUT2D eigenvalue weighted by Crippen LogP contribution is -2.47. The molecule has 8 nitrogen and oxygen atoms in total. The third-order valence-electron chi connectivity index (χ3n) is 4.14. The minimum atomic E-state index is -4.00. The first-order valence-corrected chi connectivity index (χ1v) is 9.44. The van der Waals surface area contributed by atoms with Crippen LogP contribution in [0.5, 0.6) is 17.2 Å². The lowest BCUT2D eigenvalue weighted by molar-refractivity contribution is -0.148. The zero-order chi connectivity index (χ0) is 19.6. The highest BCUT2D eigenvalue weighted by Gasteiger charge is 2.38. The third kappa shape index (κ3) is 3.37. The monoisotopic (exact) mass is 393 g/mol. The molecule has 1 aliphatic heterocycles. The summed E-state index contributed by atoms with van der Waals surface area (Å²) in [6.07, 6.45) is -1.07. The maximum Gasteiger partial charge on any atom is 0.348 e. The number of ether oxygens (including phenoxy) is 4. The molecule has 0 saturated carbocycles. The highest BCUT2D eigenvalue weighted by Crippen LogP contribution is 2.38. The summed E-state index contributed by atoms with van der Waals surface area (Å²) in [6, 6.07) is 10.9. The maximum atomic E-state index is 13.3. The van der Waals surface area contributed by atoms with Crippen molar-refractivity contribution in [3.05, 3.63) is 42.5 Å². The van der Waals surface area contributed by atoms with Crippen molar-refractivity contribution in [1.29, 1.82) is 0 Å². The van der Waals surface area contributed by atoms with Crippen molar-refractivity contribution in [2.45, 2.75) is 11.0 Å². The van der Waals surface area contributed by atoms with E-state index in [2.05, 4.69) is 0 Å². The molecular weight excluding hydrogens is 374 g/mol. The first-order chi connectivity index (χ1) is 12.9. The second-order valence-electron chi connectivity index (χ2n) is 5.65. The number of anilines is 1. The smallest absolute Gasteiger partial charge is 0.348 e. The molecule has 144 valence electrons. The molecule has 3 rings (SSSR count). The Morgan fingerprint density at radius 2 is 1.78 bits per heavy atom. The Morgan fingerprint density at radius 3 is 2.44 bits per heavy atom. The fourth-order valence-electron chi connectivity index (χ4n) is 2.79. The highest BCUT2D eigenvalue weighted by atomic mass is 32.2. The lowest BCUT2D eigenvalue weighted by Gasteiger charge is -2.34. The van der Waals surface area contributed by atoms with E-state index in [-0.39, 0.29) is 22.9 Å². The van der Waals surface area contributed by atoms with Crippen LogP contribution in [0.4, 0.5) is 5.69 Å². The molecule has 1 aliphatic rings. The van der Waals surface area contributed by atoms with Crippen molar-refractivity contribution in [3.8, 4) is 17.2 Å². The van der Waals surface area contributed by atoms with E-state index in [9.17, 15) is 13.2 Å². The van der Waals surface area contributed by atoms with Crippen LogP contribution in [0.15, 0.2) is 47.4 Å². The van der Waals surface area contributed by atoms with Crippen molar-refractivity contribution < 1.29 is 32.2 Å². The second kappa shape index (κ2) is 7.36. The van der Waals surface area contributed by atoms with E-state index < -0.39 is 22.1 Å². The predicted molar refractivity (Wildman–Crippen MR) is 97.0 cm³/mol. The molecule has 0 spiro atoms. The van der Waals surface area contributed by atoms with Gasteiger partial charge in [-0.05, 0) is 24.3 Å². The highest BCUT2D eigenvalue weighted by molar-refractivity contribution is 7.92. The van der Waals surface area contributed by atoms with Gasteiger partial charge in [0, 0.05) is 6.07 Å². The minimum Gasteiger partial charge on any atom is -0.493 e. The van der Waals surface area contributed by atoms with Crippen LogP contribution < -0.4 is 18.5 Å². The van der Waals surface area contributed by atoms with Gasteiger partial charge < -0.3 is 18.9 Å². The Morgan fingerprint density at radius 1 is 1.07 bits per heavy atom. The Labute approximate surface area is 157 Å². The van der Waals surface area contributed by atoms with Gasteiger partial charge in [0.25, 0.3) is 10.0 Å². The van der Waals surface area contributed by atoms with E-state index in [4.69, 9.17) is 18.9 Å². The number of methoxy groups -OCH3 is 3. The van der Waals surface area contributed by atoms with E-state index in [1.54, 1.807) is 24.3 Å². The average Bonchev–Trinajstić information content (AvgIpc) is 2.71. The molecule has 2 aromatic carbocycles. The van der Waals surface area contributed by atoms with Crippen molar-refractivity contribution in [2.24, 2.45) is 0 Å². The van der Waals surface area contributed by atoms with Crippen LogP contribution >= 0.6 is 0 Å². The van der Waals surface area contributed by atoms with Crippen molar-refractivity contribution in [1.82, 2.24) is 0 Å². The molecule has 1 heterocycles. The fourth-order valence-corrected chi connectivity index (χ4v) is 4.28. The van der Waals surface area contributed by atoms with Crippen LogP contribution in [0.1, 0.15) is 0 Å². The van der Waals surface area contributed by atoms with E-state index in [0.717, 1.165) is 4.31 Å². The molecule has 0 radical (unpaired) electrons. The molecule has 0 saturated heterocycles. The Bertz CT molecular complexity index is 958. The number of fused-ring (bicyclic) bond motifs is 1. The van der Waals surface area contributed by atoms with Gasteiger partial charge in [-0.3, -0.25) is 4.31 Å². The fraction of sp³-hybridized carbons (Fsp3) is 0.278. The number of hydrogen-bond acceptors (Lipinski definition) is 7. The summed E-state index contributed by atoms with van der Waals surface area (Å²) in [5, 5.41) is 0. The van der Waals surface area contributed by atoms with Gasteiger partial charge >= 0.3 is 5.97 Å². The van der Waals surface area contributed by atoms with Crippen LogP contribution in [0, 0.1) is 0 Å². The summed E-state index contributed by atoms with van der Waals surface area (Å²) in [5.74, 6) is 0.316. The SMILES string of the molecule is COC(=O)[C@@H]1CN(S(=O)(=O)c2ccc(OC)c(OC)c2)c2ccccc2O1. The van der Waals surface area contributed by atoms with Gasteiger partial charge in [0.15, 0.2) is 11.5 Å². The van der Waals surface area contributed by atoms with Crippen LogP contribution in [0.2, 0.25) is 0 Å². The van der Waals surface area contributed by atoms with Crippen LogP contribution in [-0.2, 0) is 19.6 Å². The van der Waals surface area contributed by atoms with Crippen molar-refractivity contribution >= 4 is 21.7 Å². The van der Waals surface area contributed by atoms with E-state index in [0.29, 0.717) is 11.4 Å². The van der Waals surface area contributed by atoms with Gasteiger partial charge in [0.1, 0.15) is 5.75 Å². The molecule has 0 aliphatic carbocycles. The second-order valence-corrected chi connectivity index (χ2v) is 7.51. The molecule has 27 heavy (non-hydrogen) atoms. The molecular formula is C18H19NO7S. The Kier molecular flexibility index (Phi) is 5.13. The molecule has 9 heteroatoms. The first kappa shape index (κ1) is 18.8. The molecule has 0 bridgehead atoms. The summed E-state index contributed by atoms with van der Waals surface area (Å²) in [5.41, 5.74) is 0.340. The van der Waals surface area contributed by atoms with Crippen molar-refractivity contribution in [3.63, 3.8) is 0 Å². The summed E-state index contributed by atoms with van der Waals surface area (Å²) in [7, 11) is 0.110. The summed E-state index contributed by atoms with van der Waals surface area (Å²) >= 11 is 0. The zero-order valence-corrected chi connectivity index (χ0v) is 15.9. The molecule has 0 amide bonds. The van der Waals surface area contributed by atoms with E-state index in [1.807, 2.05) is 0 Å². The summed E-state index contributed by atoms with van der Waals surface area (Å²) in [4.78, 5) is 12.0. The standard InChI is InChI=1S/C18H19NO7S/c1-23-15-9-8-12(10-16(15)24-2)27(21,22)19-11-17(18(20)25-3)26-14-7-5-4-6-13(14)19/h4-10,17H,11H2,1-3H3/t17-/m0/s1. The van der Waals surface area contributed by atoms with Crippen LogP contribution in [0.25, 0.3) is 0 Å². The van der Waals surface area contributed by atoms with Crippen molar-refractivity contribution in [2.75, 3.05) is 32.2 Å². The van der Waals surface area contributed by atoms with E-state index in [1.165, 1.54) is 39.5 Å². The van der Waals surface area contributed by atoms with E-state index >= 15 is 0 Å². The topological polar surface area (TPSA) is 91.4 Å². The number of hydrogen-bond donors (Lipinski definition) is 0. The number of esters is 1. The Balaban J connectivity index is 2.08. The third-order valence-corrected chi connectivity index (χ3v) is 5.92. The quantitative estimate of drug-likeness (QED) is 0.716. The lowest BCUT2D eigenvalue weighted by atomic mass is 10.2. The number of nitrogens with zero attached hydrogens (tertiary/aromatic N) is 1. The largest absolute Gasteiger partial charge is 0.493 e. The van der Waals surface area contributed by atoms with Gasteiger partial charge in [0.05, 0.1) is 38.5 Å². The maximum absolute atomic E-state index is 13.3. The van der Waals surface area contributed by atoms with Gasteiger partial charge in [-0.15, -0.1) is 0 Å². The summed E-state index contributed by atoms with van der Waals surface area (Å²) in [6.45, 7) is -0.208. The number of carbonyl (C=O) groups is 1. The van der Waals surface area contributed by atoms with Gasteiger partial charge in [-0.1, -0.05) is 12.1 Å².